The van der Waals surface area contributed by atoms with Crippen molar-refractivity contribution >= 4 is 72.5 Å². The fourth-order valence-corrected chi connectivity index (χ4v) is 4.74. The molecule has 1 fully saturated rings. The van der Waals surface area contributed by atoms with Crippen molar-refractivity contribution in [1.29, 1.82) is 0 Å². The Labute approximate surface area is 160 Å². The second kappa shape index (κ2) is 6.84. The maximum absolute atomic E-state index is 12.7. The molecule has 3 rings (SSSR count). The fourth-order valence-electron chi connectivity index (χ4n) is 2.36. The summed E-state index contributed by atoms with van der Waals surface area (Å²) in [6, 6.07) is 11.7. The van der Waals surface area contributed by atoms with E-state index in [0.717, 1.165) is 18.7 Å². The Hall–Kier alpha value is -1.02. The maximum atomic E-state index is 12.7. The Morgan fingerprint density at radius 1 is 1.30 bits per heavy atom. The fraction of sp³-hybridized carbons (Fsp3) is 0.125. The van der Waals surface area contributed by atoms with Crippen LogP contribution in [0.2, 0.25) is 0 Å². The number of carbonyl (C=O) groups is 1. The lowest BCUT2D eigenvalue weighted by atomic mass is 10.1. The van der Waals surface area contributed by atoms with Gasteiger partial charge in [0.05, 0.1) is 9.83 Å². The van der Waals surface area contributed by atoms with E-state index < -0.39 is 0 Å². The molecule has 1 aromatic carbocycles. The molecule has 1 N–H and O–H groups in total. The molecule has 1 atom stereocenters. The van der Waals surface area contributed by atoms with Gasteiger partial charge < -0.3 is 5.32 Å². The molecule has 2 heterocycles. The zero-order valence-corrected chi connectivity index (χ0v) is 16.9. The number of rotatable bonds is 3. The molecule has 23 heavy (non-hydrogen) atoms. The number of nitrogens with one attached hydrogen (secondary N) is 1. The first kappa shape index (κ1) is 16.8. The highest BCUT2D eigenvalue weighted by molar-refractivity contribution is 9.13. The van der Waals surface area contributed by atoms with Gasteiger partial charge in [0.2, 0.25) is 0 Å². The van der Waals surface area contributed by atoms with Gasteiger partial charge in [0.15, 0.2) is 5.11 Å². The van der Waals surface area contributed by atoms with E-state index in [2.05, 4.69) is 37.2 Å². The third-order valence-corrected chi connectivity index (χ3v) is 7.03. The lowest BCUT2D eigenvalue weighted by Crippen LogP contribution is -2.33. The average molecular weight is 472 g/mol. The summed E-state index contributed by atoms with van der Waals surface area (Å²) < 4.78 is 1.96. The number of thiocarbonyl (C=S) groups is 1. The van der Waals surface area contributed by atoms with Crippen LogP contribution >= 0.6 is 55.4 Å². The Balaban J connectivity index is 1.88. The van der Waals surface area contributed by atoms with Crippen molar-refractivity contribution in [3.63, 3.8) is 0 Å². The Morgan fingerprint density at radius 3 is 2.61 bits per heavy atom. The van der Waals surface area contributed by atoms with Crippen molar-refractivity contribution in [1.82, 2.24) is 10.2 Å². The maximum Gasteiger partial charge on any atom is 0.277 e. The van der Waals surface area contributed by atoms with E-state index in [9.17, 15) is 4.79 Å². The molecule has 0 bridgehead atoms. The predicted molar refractivity (Wildman–Crippen MR) is 105 cm³/mol. The summed E-state index contributed by atoms with van der Waals surface area (Å²) in [6.45, 7) is 1.97. The number of benzene rings is 1. The van der Waals surface area contributed by atoms with Crippen LogP contribution in [-0.4, -0.2) is 15.9 Å². The van der Waals surface area contributed by atoms with Crippen LogP contribution in [0.4, 0.5) is 0 Å². The van der Waals surface area contributed by atoms with Crippen LogP contribution in [0.15, 0.2) is 50.4 Å². The van der Waals surface area contributed by atoms with Crippen LogP contribution < -0.4 is 5.32 Å². The topological polar surface area (TPSA) is 32.3 Å². The van der Waals surface area contributed by atoms with Crippen LogP contribution in [0.1, 0.15) is 23.4 Å². The second-order valence-corrected chi connectivity index (χ2v) is 8.66. The van der Waals surface area contributed by atoms with Crippen LogP contribution in [0.3, 0.4) is 0 Å². The first-order valence-corrected chi connectivity index (χ1v) is 9.64. The molecule has 1 amide bonds. The van der Waals surface area contributed by atoms with Gasteiger partial charge in [-0.25, -0.2) is 0 Å². The van der Waals surface area contributed by atoms with E-state index in [1.807, 2.05) is 49.4 Å². The molecule has 1 unspecified atom stereocenters. The molecule has 0 aliphatic carbocycles. The third kappa shape index (κ3) is 3.42. The molecule has 0 radical (unpaired) electrons. The van der Waals surface area contributed by atoms with Crippen molar-refractivity contribution in [2.75, 3.05) is 0 Å². The summed E-state index contributed by atoms with van der Waals surface area (Å²) >= 11 is 13.8. The number of amides is 1. The average Bonchev–Trinajstić information content (AvgIpc) is 2.99. The molecule has 1 aliphatic rings. The first-order chi connectivity index (χ1) is 11.0. The highest BCUT2D eigenvalue weighted by Crippen LogP contribution is 2.34. The number of nitrogens with zero attached hydrogens (tertiary/aromatic N) is 1. The largest absolute Gasteiger partial charge is 0.328 e. The van der Waals surface area contributed by atoms with Gasteiger partial charge in [0.1, 0.15) is 5.70 Å². The summed E-state index contributed by atoms with van der Waals surface area (Å²) in [4.78, 5) is 15.3. The van der Waals surface area contributed by atoms with E-state index in [-0.39, 0.29) is 11.9 Å². The molecule has 2 aromatic rings. The van der Waals surface area contributed by atoms with Crippen LogP contribution in [0, 0.1) is 0 Å². The van der Waals surface area contributed by atoms with Crippen molar-refractivity contribution in [3.05, 3.63) is 60.8 Å². The third-order valence-electron chi connectivity index (χ3n) is 3.53. The molecule has 3 nitrogen and oxygen atoms in total. The number of hydrogen-bond donors (Lipinski definition) is 1. The normalized spacial score (nSPS) is 17.7. The van der Waals surface area contributed by atoms with E-state index in [1.165, 1.54) is 0 Å². The molecule has 1 aliphatic heterocycles. The summed E-state index contributed by atoms with van der Waals surface area (Å²) in [5, 5.41) is 3.46. The lowest BCUT2D eigenvalue weighted by Gasteiger charge is -2.23. The van der Waals surface area contributed by atoms with Gasteiger partial charge in [-0.2, -0.15) is 0 Å². The number of halogens is 2. The number of hydrogen-bond acceptors (Lipinski definition) is 3. The van der Waals surface area contributed by atoms with Gasteiger partial charge in [-0.3, -0.25) is 9.69 Å². The summed E-state index contributed by atoms with van der Waals surface area (Å²) in [5.74, 6) is -0.105. The smallest absolute Gasteiger partial charge is 0.277 e. The lowest BCUT2D eigenvalue weighted by molar-refractivity contribution is -0.123. The Bertz CT molecular complexity index is 782. The standard InChI is InChI=1S/C16H12Br2N2OS2/c1-9(10-5-3-2-4-6-10)20-15(21)13(19-16(20)22)8-11-7-12(17)14(18)23-11/h2-9H,1H3,(H,19,22)/b13-8-. The van der Waals surface area contributed by atoms with Crippen molar-refractivity contribution < 1.29 is 4.79 Å². The van der Waals surface area contributed by atoms with Crippen LogP contribution in [0.25, 0.3) is 6.08 Å². The highest BCUT2D eigenvalue weighted by atomic mass is 79.9. The molecule has 1 saturated heterocycles. The van der Waals surface area contributed by atoms with Crippen molar-refractivity contribution in [3.8, 4) is 0 Å². The quantitative estimate of drug-likeness (QED) is 0.499. The number of carbonyl (C=O) groups excluding carboxylic acids is 1. The zero-order valence-electron chi connectivity index (χ0n) is 12.0. The summed E-state index contributed by atoms with van der Waals surface area (Å²) in [5.41, 5.74) is 1.55. The monoisotopic (exact) mass is 470 g/mol. The summed E-state index contributed by atoms with van der Waals surface area (Å²) in [7, 11) is 0. The molecule has 0 spiro atoms. The Morgan fingerprint density at radius 2 is 2.00 bits per heavy atom. The van der Waals surface area contributed by atoms with Gasteiger partial charge in [-0.15, -0.1) is 11.3 Å². The number of thiophene rings is 1. The minimum absolute atomic E-state index is 0.105. The predicted octanol–water partition coefficient (Wildman–Crippen LogP) is 5.09. The molecule has 0 saturated carbocycles. The SMILES string of the molecule is CC(c1ccccc1)N1C(=O)/C(=C/c2cc(Br)c(Br)s2)NC1=S. The van der Waals surface area contributed by atoms with Crippen LogP contribution in [0.5, 0.6) is 0 Å². The zero-order chi connectivity index (χ0) is 16.6. The van der Waals surface area contributed by atoms with E-state index in [0.29, 0.717) is 10.8 Å². The van der Waals surface area contributed by atoms with Crippen molar-refractivity contribution in [2.24, 2.45) is 0 Å². The second-order valence-electron chi connectivity index (χ2n) is 5.02. The Kier molecular flexibility index (Phi) is 5.01. The van der Waals surface area contributed by atoms with Gasteiger partial charge in [-0.05, 0) is 68.7 Å². The molecule has 7 heteroatoms. The molecule has 118 valence electrons. The molecular weight excluding hydrogens is 460 g/mol. The van der Waals surface area contributed by atoms with Gasteiger partial charge in [0, 0.05) is 9.35 Å². The van der Waals surface area contributed by atoms with E-state index >= 15 is 0 Å². The van der Waals surface area contributed by atoms with Gasteiger partial charge in [0.25, 0.3) is 5.91 Å². The van der Waals surface area contributed by atoms with Gasteiger partial charge >= 0.3 is 0 Å². The van der Waals surface area contributed by atoms with E-state index in [1.54, 1.807) is 16.2 Å². The van der Waals surface area contributed by atoms with Crippen LogP contribution in [-0.2, 0) is 4.79 Å². The van der Waals surface area contributed by atoms with E-state index in [4.69, 9.17) is 12.2 Å². The minimum Gasteiger partial charge on any atom is -0.328 e. The van der Waals surface area contributed by atoms with Crippen molar-refractivity contribution in [2.45, 2.75) is 13.0 Å². The van der Waals surface area contributed by atoms with Gasteiger partial charge in [-0.1, -0.05) is 30.3 Å². The summed E-state index contributed by atoms with van der Waals surface area (Å²) in [6.07, 6.45) is 1.83. The minimum atomic E-state index is -0.114. The molecule has 1 aromatic heterocycles. The first-order valence-electron chi connectivity index (χ1n) is 6.83. The molecular formula is C16H12Br2N2OS2. The highest BCUT2D eigenvalue weighted by Gasteiger charge is 2.34.